The minimum absolute atomic E-state index is 0.0288. The second kappa shape index (κ2) is 13.1. The summed E-state index contributed by atoms with van der Waals surface area (Å²) in [5, 5.41) is 25.0. The van der Waals surface area contributed by atoms with Crippen LogP contribution in [0.15, 0.2) is 48.5 Å². The van der Waals surface area contributed by atoms with Gasteiger partial charge in [0.25, 0.3) is 5.91 Å². The van der Waals surface area contributed by atoms with Gasteiger partial charge in [0.15, 0.2) is 5.60 Å². The fourth-order valence-corrected chi connectivity index (χ4v) is 4.92. The number of rotatable bonds is 10. The number of nitrogens with one attached hydrogen (secondary N) is 1. The Labute approximate surface area is 221 Å². The van der Waals surface area contributed by atoms with Gasteiger partial charge in [-0.05, 0) is 35.4 Å². The topological polar surface area (TPSA) is 100 Å². The first-order valence-corrected chi connectivity index (χ1v) is 12.9. The van der Waals surface area contributed by atoms with Gasteiger partial charge in [-0.2, -0.15) is 0 Å². The third-order valence-corrected chi connectivity index (χ3v) is 7.09. The Morgan fingerprint density at radius 3 is 2.59 bits per heavy atom. The number of nitrogens with zero attached hydrogens (tertiary/aromatic N) is 1. The van der Waals surface area contributed by atoms with E-state index in [0.29, 0.717) is 36.9 Å². The van der Waals surface area contributed by atoms with Gasteiger partial charge in [0.2, 0.25) is 0 Å². The summed E-state index contributed by atoms with van der Waals surface area (Å²) in [7, 11) is 0. The van der Waals surface area contributed by atoms with E-state index in [1.54, 1.807) is 30.3 Å². The molecule has 1 heterocycles. The summed E-state index contributed by atoms with van der Waals surface area (Å²) in [5.41, 5.74) is 0.0308. The predicted molar refractivity (Wildman–Crippen MR) is 135 cm³/mol. The second-order valence-corrected chi connectivity index (χ2v) is 10.0. The van der Waals surface area contributed by atoms with Crippen molar-refractivity contribution in [3.63, 3.8) is 0 Å². The molecule has 4 rings (SSSR count). The lowest BCUT2D eigenvalue weighted by atomic mass is 9.78. The number of aliphatic hydroxyl groups is 2. The summed E-state index contributed by atoms with van der Waals surface area (Å²) in [5.74, 6) is -0.754. The zero-order chi connectivity index (χ0) is 26.3. The van der Waals surface area contributed by atoms with Gasteiger partial charge in [-0.15, -0.1) is 0 Å². The fraction of sp³-hybridized carbons (Fsp3) is 0.519. The number of hydrogen-bond acceptors (Lipinski definition) is 7. The van der Waals surface area contributed by atoms with Crippen LogP contribution in [-0.4, -0.2) is 84.3 Å². The minimum atomic E-state index is -1.45. The third-order valence-electron chi connectivity index (χ3n) is 6.86. The number of hydrogen-bond donors (Lipinski definition) is 3. The van der Waals surface area contributed by atoms with Gasteiger partial charge >= 0.3 is 0 Å². The molecule has 1 saturated carbocycles. The van der Waals surface area contributed by atoms with E-state index in [4.69, 9.17) is 25.8 Å². The molecule has 37 heavy (non-hydrogen) atoms. The van der Waals surface area contributed by atoms with Gasteiger partial charge in [0.05, 0.1) is 38.6 Å². The van der Waals surface area contributed by atoms with Gasteiger partial charge in [-0.25, -0.2) is 4.39 Å². The maximum Gasteiger partial charge on any atom is 0.252 e. The quantitative estimate of drug-likeness (QED) is 0.428. The van der Waals surface area contributed by atoms with Crippen molar-refractivity contribution in [3.8, 4) is 0 Å². The van der Waals surface area contributed by atoms with Crippen LogP contribution in [-0.2, 0) is 32.2 Å². The van der Waals surface area contributed by atoms with E-state index in [0.717, 1.165) is 18.7 Å². The molecule has 3 N–H and O–H groups in total. The van der Waals surface area contributed by atoms with Crippen molar-refractivity contribution in [1.82, 2.24) is 10.2 Å². The van der Waals surface area contributed by atoms with E-state index in [1.165, 1.54) is 12.1 Å². The Morgan fingerprint density at radius 1 is 1.11 bits per heavy atom. The van der Waals surface area contributed by atoms with E-state index >= 15 is 0 Å². The number of morpholine rings is 1. The molecule has 0 radical (unpaired) electrons. The Kier molecular flexibility index (Phi) is 9.89. The molecule has 1 saturated heterocycles. The average Bonchev–Trinajstić information content (AvgIpc) is 2.90. The largest absolute Gasteiger partial charge is 0.390 e. The van der Waals surface area contributed by atoms with Crippen molar-refractivity contribution in [1.29, 1.82) is 0 Å². The Hall–Kier alpha value is -2.11. The normalized spacial score (nSPS) is 26.6. The van der Waals surface area contributed by atoms with Crippen LogP contribution in [0.3, 0.4) is 0 Å². The molecule has 1 unspecified atom stereocenters. The van der Waals surface area contributed by atoms with E-state index in [-0.39, 0.29) is 37.8 Å². The Bertz CT molecular complexity index is 1020. The van der Waals surface area contributed by atoms with Crippen molar-refractivity contribution >= 4 is 17.5 Å². The summed E-state index contributed by atoms with van der Waals surface area (Å²) in [4.78, 5) is 15.7. The summed E-state index contributed by atoms with van der Waals surface area (Å²) >= 11 is 6.07. The molecular weight excluding hydrogens is 503 g/mol. The number of ether oxygens (including phenoxy) is 3. The maximum atomic E-state index is 13.5. The smallest absolute Gasteiger partial charge is 0.252 e. The molecule has 1 amide bonds. The highest BCUT2D eigenvalue weighted by Crippen LogP contribution is 2.36. The average molecular weight is 537 g/mol. The number of carbonyl (C=O) groups excluding carboxylic acids is 1. The zero-order valence-electron chi connectivity index (χ0n) is 20.7. The van der Waals surface area contributed by atoms with Gasteiger partial charge < -0.3 is 29.7 Å². The molecule has 10 heteroatoms. The van der Waals surface area contributed by atoms with Crippen molar-refractivity contribution < 1.29 is 33.6 Å². The van der Waals surface area contributed by atoms with Crippen LogP contribution in [0.25, 0.3) is 0 Å². The lowest BCUT2D eigenvalue weighted by Gasteiger charge is -2.44. The molecule has 2 aromatic carbocycles. The van der Waals surface area contributed by atoms with E-state index in [1.807, 2.05) is 6.07 Å². The number of carbonyl (C=O) groups is 1. The van der Waals surface area contributed by atoms with Crippen molar-refractivity contribution in [2.45, 2.75) is 50.0 Å². The molecule has 4 atom stereocenters. The first kappa shape index (κ1) is 27.9. The molecule has 1 aliphatic carbocycles. The molecule has 0 bridgehead atoms. The molecule has 0 spiro atoms. The first-order chi connectivity index (χ1) is 17.8. The van der Waals surface area contributed by atoms with Crippen LogP contribution in [0.2, 0.25) is 5.02 Å². The van der Waals surface area contributed by atoms with E-state index in [9.17, 15) is 19.4 Å². The highest BCUT2D eigenvalue weighted by Gasteiger charge is 2.51. The molecule has 2 aliphatic rings. The van der Waals surface area contributed by atoms with Crippen LogP contribution in [0.5, 0.6) is 0 Å². The summed E-state index contributed by atoms with van der Waals surface area (Å²) in [6.07, 6.45) is -3.35. The van der Waals surface area contributed by atoms with Gasteiger partial charge in [0, 0.05) is 44.0 Å². The second-order valence-electron chi connectivity index (χ2n) is 9.56. The lowest BCUT2D eigenvalue weighted by molar-refractivity contribution is -0.200. The number of benzene rings is 2. The molecule has 0 aromatic heterocycles. The molecule has 2 fully saturated rings. The first-order valence-electron chi connectivity index (χ1n) is 12.5. The molecular formula is C27H34ClFN2O6. The van der Waals surface area contributed by atoms with Crippen LogP contribution >= 0.6 is 11.6 Å². The summed E-state index contributed by atoms with van der Waals surface area (Å²) < 4.78 is 30.9. The van der Waals surface area contributed by atoms with Crippen LogP contribution in [0.4, 0.5) is 4.39 Å². The van der Waals surface area contributed by atoms with Gasteiger partial charge in [-0.1, -0.05) is 35.9 Å². The summed E-state index contributed by atoms with van der Waals surface area (Å²) in [6.45, 7) is 4.14. The van der Waals surface area contributed by atoms with Gasteiger partial charge in [0.1, 0.15) is 11.9 Å². The van der Waals surface area contributed by atoms with E-state index < -0.39 is 23.9 Å². The molecule has 1 aliphatic heterocycles. The minimum Gasteiger partial charge on any atom is -0.390 e. The lowest BCUT2D eigenvalue weighted by Crippen LogP contribution is -2.61. The molecule has 202 valence electrons. The molecule has 8 nitrogen and oxygen atoms in total. The van der Waals surface area contributed by atoms with Crippen LogP contribution < -0.4 is 5.32 Å². The van der Waals surface area contributed by atoms with Crippen molar-refractivity contribution in [2.24, 2.45) is 0 Å². The van der Waals surface area contributed by atoms with Crippen LogP contribution in [0, 0.1) is 5.82 Å². The summed E-state index contributed by atoms with van der Waals surface area (Å²) in [6, 6.07) is 13.0. The van der Waals surface area contributed by atoms with E-state index in [2.05, 4.69) is 10.2 Å². The molecule has 2 aromatic rings. The Balaban J connectivity index is 1.47. The number of amides is 1. The van der Waals surface area contributed by atoms with Crippen molar-refractivity contribution in [2.75, 3.05) is 39.4 Å². The highest BCUT2D eigenvalue weighted by atomic mass is 35.5. The number of aliphatic hydroxyl groups excluding tert-OH is 2. The zero-order valence-corrected chi connectivity index (χ0v) is 21.4. The predicted octanol–water partition coefficient (Wildman–Crippen LogP) is 2.28. The Morgan fingerprint density at radius 2 is 1.86 bits per heavy atom. The third kappa shape index (κ3) is 7.70. The standard InChI is InChI=1S/C27H34ClFN2O6/c28-21-3-1-2-20(14-21)17-36-24-16-27(15-23(32)25(24)33,37-18-19-4-6-22(29)7-5-19)26(34)30-8-9-31-10-12-35-13-11-31/h1-7,14,23-25,32-33H,8-13,15-18H2,(H,30,34)/t23-,24?,25-,27+/m1/s1. The highest BCUT2D eigenvalue weighted by molar-refractivity contribution is 6.30. The van der Waals surface area contributed by atoms with Crippen LogP contribution in [0.1, 0.15) is 24.0 Å². The van der Waals surface area contributed by atoms with Crippen molar-refractivity contribution in [3.05, 3.63) is 70.5 Å². The SMILES string of the molecule is O=C(NCCN1CCOCC1)[C@@]1(OCc2ccc(F)cc2)CC(OCc2cccc(Cl)c2)[C@H](O)[C@H](O)C1. The van der Waals surface area contributed by atoms with Gasteiger partial charge in [-0.3, -0.25) is 9.69 Å². The number of halogens is 2. The maximum absolute atomic E-state index is 13.5. The monoisotopic (exact) mass is 536 g/mol. The fourth-order valence-electron chi connectivity index (χ4n) is 4.71.